The lowest BCUT2D eigenvalue weighted by Gasteiger charge is -2.13. The Hall–Kier alpha value is -1.84. The van der Waals surface area contributed by atoms with Crippen molar-refractivity contribution in [2.24, 2.45) is 0 Å². The van der Waals surface area contributed by atoms with Crippen LogP contribution in [0.5, 0.6) is 0 Å². The van der Waals surface area contributed by atoms with Crippen LogP contribution in [0.4, 0.5) is 10.5 Å². The Balaban J connectivity index is 2.12. The first-order chi connectivity index (χ1) is 8.61. The van der Waals surface area contributed by atoms with Crippen LogP contribution in [0, 0.1) is 0 Å². The van der Waals surface area contributed by atoms with Crippen molar-refractivity contribution in [3.8, 4) is 0 Å². The van der Waals surface area contributed by atoms with Crippen LogP contribution in [0.1, 0.15) is 37.0 Å². The van der Waals surface area contributed by atoms with Crippen LogP contribution < -0.4 is 4.90 Å². The highest BCUT2D eigenvalue weighted by molar-refractivity contribution is 5.95. The van der Waals surface area contributed by atoms with Crippen molar-refractivity contribution in [1.82, 2.24) is 0 Å². The summed E-state index contributed by atoms with van der Waals surface area (Å²) in [5.74, 6) is 0.0226. The number of hydrogen-bond acceptors (Lipinski definition) is 3. The maximum atomic E-state index is 11.7. The summed E-state index contributed by atoms with van der Waals surface area (Å²) in [5, 5.41) is 0. The van der Waals surface area contributed by atoms with Crippen molar-refractivity contribution in [2.75, 3.05) is 11.4 Å². The van der Waals surface area contributed by atoms with Crippen LogP contribution in [0.2, 0.25) is 0 Å². The molecule has 1 amide bonds. The van der Waals surface area contributed by atoms with Crippen molar-refractivity contribution >= 4 is 17.6 Å². The first-order valence-corrected chi connectivity index (χ1v) is 6.21. The average Bonchev–Trinajstić information content (AvgIpc) is 2.71. The minimum atomic E-state index is -0.302. The number of carbonyl (C=O) groups excluding carboxylic acids is 2. The number of benzene rings is 1. The first-order valence-electron chi connectivity index (χ1n) is 6.21. The maximum absolute atomic E-state index is 11.7. The quantitative estimate of drug-likeness (QED) is 0.768. The highest BCUT2D eigenvalue weighted by Crippen LogP contribution is 2.23. The molecule has 1 aliphatic heterocycles. The van der Waals surface area contributed by atoms with E-state index in [4.69, 9.17) is 4.74 Å². The molecule has 0 spiro atoms. The number of ether oxygens (including phenoxy) is 1. The zero-order valence-corrected chi connectivity index (χ0v) is 10.7. The first kappa shape index (κ1) is 12.6. The molecule has 0 radical (unpaired) electrons. The van der Waals surface area contributed by atoms with E-state index < -0.39 is 0 Å². The van der Waals surface area contributed by atoms with Crippen LogP contribution in [0.25, 0.3) is 0 Å². The third kappa shape index (κ3) is 2.53. The Morgan fingerprint density at radius 3 is 2.61 bits per heavy atom. The lowest BCUT2D eigenvalue weighted by molar-refractivity contribution is 0.101. The van der Waals surface area contributed by atoms with Gasteiger partial charge in [-0.05, 0) is 37.6 Å². The van der Waals surface area contributed by atoms with E-state index in [9.17, 15) is 9.59 Å². The van der Waals surface area contributed by atoms with Gasteiger partial charge in [0.25, 0.3) is 0 Å². The van der Waals surface area contributed by atoms with E-state index in [0.29, 0.717) is 12.1 Å². The number of anilines is 1. The Morgan fingerprint density at radius 1 is 1.39 bits per heavy atom. The molecule has 1 atom stereocenters. The summed E-state index contributed by atoms with van der Waals surface area (Å²) in [4.78, 5) is 24.5. The van der Waals surface area contributed by atoms with Crippen LogP contribution in [0.3, 0.4) is 0 Å². The van der Waals surface area contributed by atoms with Crippen molar-refractivity contribution < 1.29 is 14.3 Å². The second-order valence-corrected chi connectivity index (χ2v) is 4.51. The molecule has 1 heterocycles. The fourth-order valence-electron chi connectivity index (χ4n) is 2.08. The van der Waals surface area contributed by atoms with Gasteiger partial charge in [0.05, 0.1) is 6.54 Å². The summed E-state index contributed by atoms with van der Waals surface area (Å²) in [6, 6.07) is 7.04. The molecule has 1 aromatic rings. The molecule has 0 aliphatic carbocycles. The van der Waals surface area contributed by atoms with Crippen LogP contribution in [-0.4, -0.2) is 24.5 Å². The Morgan fingerprint density at radius 2 is 2.06 bits per heavy atom. The number of Topliss-reactive ketones (excluding diaryl/α,β-unsaturated/α-hetero) is 1. The average molecular weight is 247 g/mol. The van der Waals surface area contributed by atoms with Crippen molar-refractivity contribution in [2.45, 2.75) is 32.8 Å². The predicted molar refractivity (Wildman–Crippen MR) is 69.0 cm³/mol. The van der Waals surface area contributed by atoms with Crippen LogP contribution in [0.15, 0.2) is 24.3 Å². The van der Waals surface area contributed by atoms with Gasteiger partial charge in [0, 0.05) is 11.3 Å². The summed E-state index contributed by atoms with van der Waals surface area (Å²) in [6.07, 6.45) is 1.56. The summed E-state index contributed by atoms with van der Waals surface area (Å²) < 4.78 is 5.27. The van der Waals surface area contributed by atoms with E-state index in [-0.39, 0.29) is 18.0 Å². The molecule has 96 valence electrons. The SMILES string of the molecule is CCC[C@H]1CN(c2ccc(C(C)=O)cc2)C(=O)O1. The molecule has 0 N–H and O–H groups in total. The molecule has 0 saturated carbocycles. The largest absolute Gasteiger partial charge is 0.444 e. The van der Waals surface area contributed by atoms with E-state index in [1.54, 1.807) is 29.2 Å². The maximum Gasteiger partial charge on any atom is 0.414 e. The van der Waals surface area contributed by atoms with Crippen LogP contribution in [-0.2, 0) is 4.74 Å². The summed E-state index contributed by atoms with van der Waals surface area (Å²) in [6.45, 7) is 4.18. The molecular formula is C14H17NO3. The number of cyclic esters (lactones) is 1. The second-order valence-electron chi connectivity index (χ2n) is 4.51. The number of ketones is 1. The molecule has 1 fully saturated rings. The fourth-order valence-corrected chi connectivity index (χ4v) is 2.08. The number of rotatable bonds is 4. The minimum absolute atomic E-state index is 0.0185. The summed E-state index contributed by atoms with van der Waals surface area (Å²) in [7, 11) is 0. The molecule has 18 heavy (non-hydrogen) atoms. The second kappa shape index (κ2) is 5.21. The molecule has 1 saturated heterocycles. The highest BCUT2D eigenvalue weighted by atomic mass is 16.6. The third-order valence-corrected chi connectivity index (χ3v) is 3.07. The molecule has 1 aromatic carbocycles. The standard InChI is InChI=1S/C14H17NO3/c1-3-4-13-9-15(14(17)18-13)12-7-5-11(6-8-12)10(2)16/h5-8,13H,3-4,9H2,1-2H3/t13-/m0/s1. The van der Waals surface area contributed by atoms with E-state index in [1.165, 1.54) is 6.92 Å². The molecule has 1 aliphatic rings. The van der Waals surface area contributed by atoms with Gasteiger partial charge in [0.1, 0.15) is 6.10 Å². The molecule has 0 aromatic heterocycles. The number of amides is 1. The Kier molecular flexibility index (Phi) is 3.65. The van der Waals surface area contributed by atoms with Gasteiger partial charge in [-0.2, -0.15) is 0 Å². The normalized spacial score (nSPS) is 18.9. The molecule has 2 rings (SSSR count). The summed E-state index contributed by atoms with van der Waals surface area (Å²) >= 11 is 0. The monoisotopic (exact) mass is 247 g/mol. The van der Waals surface area contributed by atoms with Gasteiger partial charge in [0.15, 0.2) is 5.78 Å². The van der Waals surface area contributed by atoms with Gasteiger partial charge in [-0.25, -0.2) is 4.79 Å². The topological polar surface area (TPSA) is 46.6 Å². The zero-order chi connectivity index (χ0) is 13.1. The van der Waals surface area contributed by atoms with Crippen molar-refractivity contribution in [3.63, 3.8) is 0 Å². The lowest BCUT2D eigenvalue weighted by Crippen LogP contribution is -2.24. The van der Waals surface area contributed by atoms with E-state index in [2.05, 4.69) is 6.92 Å². The van der Waals surface area contributed by atoms with Gasteiger partial charge in [-0.3, -0.25) is 9.69 Å². The highest BCUT2D eigenvalue weighted by Gasteiger charge is 2.31. The van der Waals surface area contributed by atoms with Gasteiger partial charge in [0.2, 0.25) is 0 Å². The zero-order valence-electron chi connectivity index (χ0n) is 10.7. The minimum Gasteiger partial charge on any atom is -0.444 e. The van der Waals surface area contributed by atoms with Crippen molar-refractivity contribution in [3.05, 3.63) is 29.8 Å². The lowest BCUT2D eigenvalue weighted by atomic mass is 10.1. The smallest absolute Gasteiger partial charge is 0.414 e. The fraction of sp³-hybridized carbons (Fsp3) is 0.429. The number of nitrogens with zero attached hydrogens (tertiary/aromatic N) is 1. The van der Waals surface area contributed by atoms with E-state index in [1.807, 2.05) is 0 Å². The third-order valence-electron chi connectivity index (χ3n) is 3.07. The van der Waals surface area contributed by atoms with Gasteiger partial charge < -0.3 is 4.74 Å². The molecule has 0 unspecified atom stereocenters. The van der Waals surface area contributed by atoms with E-state index in [0.717, 1.165) is 18.5 Å². The molecule has 4 heteroatoms. The summed E-state index contributed by atoms with van der Waals surface area (Å²) in [5.41, 5.74) is 1.43. The van der Waals surface area contributed by atoms with Gasteiger partial charge in [-0.15, -0.1) is 0 Å². The number of hydrogen-bond donors (Lipinski definition) is 0. The van der Waals surface area contributed by atoms with E-state index >= 15 is 0 Å². The predicted octanol–water partition coefficient (Wildman–Crippen LogP) is 3.01. The van der Waals surface area contributed by atoms with Crippen LogP contribution >= 0.6 is 0 Å². The Bertz CT molecular complexity index is 453. The molecule has 0 bridgehead atoms. The Labute approximate surface area is 107 Å². The number of carbonyl (C=O) groups is 2. The molecular weight excluding hydrogens is 230 g/mol. The van der Waals surface area contributed by atoms with Crippen molar-refractivity contribution in [1.29, 1.82) is 0 Å². The van der Waals surface area contributed by atoms with Gasteiger partial charge in [-0.1, -0.05) is 13.3 Å². The van der Waals surface area contributed by atoms with Gasteiger partial charge >= 0.3 is 6.09 Å². The molecule has 4 nitrogen and oxygen atoms in total.